The number of benzene rings is 2. The summed E-state index contributed by atoms with van der Waals surface area (Å²) in [5.74, 6) is 1.84. The molecular formula is C22H18ClNO4. The minimum absolute atomic E-state index is 0.0163. The molecule has 0 saturated heterocycles. The van der Waals surface area contributed by atoms with Crippen molar-refractivity contribution in [2.24, 2.45) is 0 Å². The molecule has 28 heavy (non-hydrogen) atoms. The van der Waals surface area contributed by atoms with Gasteiger partial charge in [0.2, 0.25) is 0 Å². The number of allylic oxidation sites excluding steroid dienone is 1. The fraction of sp³-hybridized carbons (Fsp3) is 0.182. The molecule has 1 aliphatic rings. The topological polar surface area (TPSA) is 57.7 Å². The second kappa shape index (κ2) is 7.17. The molecule has 0 spiro atoms. The fourth-order valence-electron chi connectivity index (χ4n) is 3.41. The third-order valence-electron chi connectivity index (χ3n) is 4.86. The minimum atomic E-state index is -0.0163. The van der Waals surface area contributed by atoms with Crippen LogP contribution in [0.2, 0.25) is 5.15 Å². The highest BCUT2D eigenvalue weighted by Gasteiger charge is 2.25. The van der Waals surface area contributed by atoms with E-state index in [-0.39, 0.29) is 5.78 Å². The normalized spacial score (nSPS) is 14.4. The maximum Gasteiger partial charge on any atom is 0.189 e. The van der Waals surface area contributed by atoms with E-state index in [0.717, 1.165) is 10.9 Å². The minimum Gasteiger partial charge on any atom is -0.497 e. The molecule has 3 aromatic rings. The van der Waals surface area contributed by atoms with E-state index in [0.29, 0.717) is 51.0 Å². The summed E-state index contributed by atoms with van der Waals surface area (Å²) in [5.41, 5.74) is 3.70. The van der Waals surface area contributed by atoms with Crippen molar-refractivity contribution in [2.45, 2.75) is 6.42 Å². The van der Waals surface area contributed by atoms with Gasteiger partial charge >= 0.3 is 0 Å². The Bertz CT molecular complexity index is 1140. The molecule has 0 amide bonds. The van der Waals surface area contributed by atoms with Crippen LogP contribution in [-0.2, 0) is 6.42 Å². The van der Waals surface area contributed by atoms with Crippen molar-refractivity contribution >= 4 is 34.4 Å². The Kier molecular flexibility index (Phi) is 4.69. The van der Waals surface area contributed by atoms with Crippen LogP contribution in [0, 0.1) is 0 Å². The van der Waals surface area contributed by atoms with E-state index in [9.17, 15) is 4.79 Å². The summed E-state index contributed by atoms with van der Waals surface area (Å²) in [6, 6.07) is 11.1. The van der Waals surface area contributed by atoms with Gasteiger partial charge in [0, 0.05) is 34.6 Å². The number of fused-ring (bicyclic) bond motifs is 2. The Morgan fingerprint density at radius 3 is 2.46 bits per heavy atom. The highest BCUT2D eigenvalue weighted by Crippen LogP contribution is 2.35. The van der Waals surface area contributed by atoms with Crippen LogP contribution in [0.15, 0.2) is 42.0 Å². The summed E-state index contributed by atoms with van der Waals surface area (Å²) < 4.78 is 15.9. The van der Waals surface area contributed by atoms with Crippen LogP contribution in [0.5, 0.6) is 17.2 Å². The van der Waals surface area contributed by atoms with Crippen LogP contribution in [-0.4, -0.2) is 32.1 Å². The standard InChI is InChI=1S/C22H18ClNO4/c1-26-16-5-4-12-6-14(21(25)17(12)10-16)8-15-7-13-9-19(27-2)20(28-3)11-18(13)24-22(15)23/h4-5,7-11H,6H2,1-3H3/b14-8+. The number of Topliss-reactive ketones (excluding diaryl/α,β-unsaturated/α-hetero) is 1. The lowest BCUT2D eigenvalue weighted by atomic mass is 10.1. The third kappa shape index (κ3) is 3.08. The zero-order valence-electron chi connectivity index (χ0n) is 15.7. The molecule has 0 N–H and O–H groups in total. The zero-order valence-corrected chi connectivity index (χ0v) is 16.5. The summed E-state index contributed by atoms with van der Waals surface area (Å²) in [4.78, 5) is 17.3. The highest BCUT2D eigenvalue weighted by molar-refractivity contribution is 6.31. The van der Waals surface area contributed by atoms with Crippen LogP contribution in [0.25, 0.3) is 17.0 Å². The zero-order chi connectivity index (χ0) is 19.8. The fourth-order valence-corrected chi connectivity index (χ4v) is 3.61. The van der Waals surface area contributed by atoms with Crippen molar-refractivity contribution < 1.29 is 19.0 Å². The van der Waals surface area contributed by atoms with Gasteiger partial charge in [-0.3, -0.25) is 4.79 Å². The first-order chi connectivity index (χ1) is 13.5. The first-order valence-corrected chi connectivity index (χ1v) is 9.06. The Morgan fingerprint density at radius 2 is 1.75 bits per heavy atom. The SMILES string of the molecule is COc1ccc2c(c1)C(=O)/C(=C/c1cc3cc(OC)c(OC)cc3nc1Cl)C2. The number of pyridine rings is 1. The van der Waals surface area contributed by atoms with Crippen LogP contribution >= 0.6 is 11.6 Å². The number of aromatic nitrogens is 1. The maximum atomic E-state index is 12.8. The average molecular weight is 396 g/mol. The highest BCUT2D eigenvalue weighted by atomic mass is 35.5. The number of carbonyl (C=O) groups excluding carboxylic acids is 1. The van der Waals surface area contributed by atoms with Gasteiger partial charge in [0.1, 0.15) is 10.9 Å². The van der Waals surface area contributed by atoms with Gasteiger partial charge in [-0.25, -0.2) is 4.98 Å². The Hall–Kier alpha value is -3.05. The van der Waals surface area contributed by atoms with E-state index in [4.69, 9.17) is 25.8 Å². The second-order valence-electron chi connectivity index (χ2n) is 6.47. The number of hydrogen-bond donors (Lipinski definition) is 0. The summed E-state index contributed by atoms with van der Waals surface area (Å²) in [6.45, 7) is 0. The van der Waals surface area contributed by atoms with Crippen LogP contribution in [0.4, 0.5) is 0 Å². The first-order valence-electron chi connectivity index (χ1n) is 8.68. The largest absolute Gasteiger partial charge is 0.497 e. The second-order valence-corrected chi connectivity index (χ2v) is 6.82. The van der Waals surface area contributed by atoms with Gasteiger partial charge in [0.25, 0.3) is 0 Å². The number of carbonyl (C=O) groups is 1. The van der Waals surface area contributed by atoms with Crippen molar-refractivity contribution in [1.82, 2.24) is 4.98 Å². The molecule has 0 unspecified atom stereocenters. The Morgan fingerprint density at radius 1 is 1.00 bits per heavy atom. The lowest BCUT2D eigenvalue weighted by molar-refractivity contribution is 0.104. The molecular weight excluding hydrogens is 378 g/mol. The van der Waals surface area contributed by atoms with Crippen LogP contribution in [0.1, 0.15) is 21.5 Å². The number of methoxy groups -OCH3 is 3. The molecule has 0 aliphatic heterocycles. The predicted molar refractivity (Wildman–Crippen MR) is 109 cm³/mol. The molecule has 2 aromatic carbocycles. The Balaban J connectivity index is 1.77. The van der Waals surface area contributed by atoms with Gasteiger partial charge in [-0.05, 0) is 35.9 Å². The molecule has 0 radical (unpaired) electrons. The van der Waals surface area contributed by atoms with Crippen LogP contribution in [0.3, 0.4) is 0 Å². The van der Waals surface area contributed by atoms with Gasteiger partial charge in [0.05, 0.1) is 26.8 Å². The summed E-state index contributed by atoms with van der Waals surface area (Å²) in [5, 5.41) is 1.17. The Labute approximate surface area is 167 Å². The van der Waals surface area contributed by atoms with Gasteiger partial charge in [-0.15, -0.1) is 0 Å². The number of halogens is 1. The monoisotopic (exact) mass is 395 g/mol. The number of hydrogen-bond acceptors (Lipinski definition) is 5. The molecule has 0 atom stereocenters. The van der Waals surface area contributed by atoms with Crippen molar-refractivity contribution in [1.29, 1.82) is 0 Å². The molecule has 5 nitrogen and oxygen atoms in total. The molecule has 6 heteroatoms. The number of ketones is 1. The molecule has 1 aromatic heterocycles. The molecule has 1 aliphatic carbocycles. The molecule has 1 heterocycles. The molecule has 0 saturated carbocycles. The third-order valence-corrected chi connectivity index (χ3v) is 5.17. The van der Waals surface area contributed by atoms with Gasteiger partial charge in [0.15, 0.2) is 17.3 Å². The summed E-state index contributed by atoms with van der Waals surface area (Å²) in [7, 11) is 4.74. The van der Waals surface area contributed by atoms with E-state index in [1.54, 1.807) is 39.5 Å². The van der Waals surface area contributed by atoms with Crippen molar-refractivity contribution in [2.75, 3.05) is 21.3 Å². The number of ether oxygens (including phenoxy) is 3. The molecule has 0 bridgehead atoms. The molecule has 4 rings (SSSR count). The quantitative estimate of drug-likeness (QED) is 0.472. The van der Waals surface area contributed by atoms with E-state index >= 15 is 0 Å². The maximum absolute atomic E-state index is 12.8. The first kappa shape index (κ1) is 18.3. The van der Waals surface area contributed by atoms with Gasteiger partial charge in [-0.1, -0.05) is 17.7 Å². The van der Waals surface area contributed by atoms with E-state index in [1.807, 2.05) is 24.3 Å². The molecule has 142 valence electrons. The van der Waals surface area contributed by atoms with Crippen molar-refractivity contribution in [3.63, 3.8) is 0 Å². The van der Waals surface area contributed by atoms with E-state index < -0.39 is 0 Å². The lowest BCUT2D eigenvalue weighted by Crippen LogP contribution is -1.97. The van der Waals surface area contributed by atoms with E-state index in [1.165, 1.54) is 0 Å². The predicted octanol–water partition coefficient (Wildman–Crippen LogP) is 4.74. The lowest BCUT2D eigenvalue weighted by Gasteiger charge is -2.10. The van der Waals surface area contributed by atoms with Gasteiger partial charge < -0.3 is 14.2 Å². The molecule has 0 fully saturated rings. The average Bonchev–Trinajstić information content (AvgIpc) is 3.02. The van der Waals surface area contributed by atoms with Crippen LogP contribution < -0.4 is 14.2 Å². The summed E-state index contributed by atoms with van der Waals surface area (Å²) >= 11 is 6.40. The summed E-state index contributed by atoms with van der Waals surface area (Å²) in [6.07, 6.45) is 2.36. The van der Waals surface area contributed by atoms with Crippen molar-refractivity contribution in [3.8, 4) is 17.2 Å². The van der Waals surface area contributed by atoms with E-state index in [2.05, 4.69) is 4.98 Å². The smallest absolute Gasteiger partial charge is 0.189 e. The number of rotatable bonds is 4. The van der Waals surface area contributed by atoms with Gasteiger partial charge in [-0.2, -0.15) is 0 Å². The number of nitrogens with zero attached hydrogens (tertiary/aromatic N) is 1. The van der Waals surface area contributed by atoms with Crippen molar-refractivity contribution in [3.05, 3.63) is 63.8 Å².